The molecule has 0 radical (unpaired) electrons. The molecular formula is C10H16O2Si. The predicted octanol–water partition coefficient (Wildman–Crippen LogP) is 1.99. The van der Waals surface area contributed by atoms with E-state index >= 15 is 0 Å². The van der Waals surface area contributed by atoms with Gasteiger partial charge in [0.2, 0.25) is 0 Å². The minimum absolute atomic E-state index is 0.254. The summed E-state index contributed by atoms with van der Waals surface area (Å²) in [6.45, 7) is 12.0. The Kier molecular flexibility index (Phi) is 4.50. The minimum Gasteiger partial charge on any atom is -0.462 e. The van der Waals surface area contributed by atoms with Crippen LogP contribution in [-0.4, -0.2) is 20.7 Å². The van der Waals surface area contributed by atoms with E-state index in [-0.39, 0.29) is 5.57 Å². The van der Waals surface area contributed by atoms with Gasteiger partial charge in [0.25, 0.3) is 0 Å². The second-order valence-corrected chi connectivity index (χ2v) is 8.45. The van der Waals surface area contributed by atoms with Crippen LogP contribution < -0.4 is 0 Å². The predicted molar refractivity (Wildman–Crippen MR) is 56.9 cm³/mol. The first-order valence-electron chi connectivity index (χ1n) is 4.26. The number of carbonyl (C=O) groups is 1. The average molecular weight is 196 g/mol. The molecule has 0 unspecified atom stereocenters. The molecule has 0 aromatic heterocycles. The van der Waals surface area contributed by atoms with Gasteiger partial charge in [0.1, 0.15) is 13.6 Å². The van der Waals surface area contributed by atoms with Gasteiger partial charge in [0.05, 0.1) is 6.61 Å². The van der Waals surface area contributed by atoms with E-state index in [1.54, 1.807) is 6.92 Å². The van der Waals surface area contributed by atoms with E-state index in [4.69, 9.17) is 4.74 Å². The van der Waals surface area contributed by atoms with Gasteiger partial charge in [-0.05, 0) is 6.92 Å². The molecule has 0 aliphatic rings. The Balaban J connectivity index is 4.28. The summed E-state index contributed by atoms with van der Waals surface area (Å²) in [7, 11) is -1.42. The third kappa shape index (κ3) is 6.18. The number of carbonyl (C=O) groups excluding carboxylic acids is 1. The number of hydrogen-bond donors (Lipinski definition) is 0. The first-order chi connectivity index (χ1) is 5.87. The summed E-state index contributed by atoms with van der Waals surface area (Å²) in [5, 5.41) is 0. The Morgan fingerprint density at radius 3 is 2.38 bits per heavy atom. The van der Waals surface area contributed by atoms with Gasteiger partial charge in [0.15, 0.2) is 0 Å². The largest absolute Gasteiger partial charge is 0.462 e. The molecule has 0 aromatic rings. The van der Waals surface area contributed by atoms with Crippen molar-refractivity contribution in [3.63, 3.8) is 0 Å². The smallest absolute Gasteiger partial charge is 0.346 e. The Bertz CT molecular complexity index is 263. The van der Waals surface area contributed by atoms with Crippen molar-refractivity contribution in [1.82, 2.24) is 0 Å². The van der Waals surface area contributed by atoms with Crippen LogP contribution in [0, 0.1) is 11.5 Å². The summed E-state index contributed by atoms with van der Waals surface area (Å²) in [4.78, 5) is 11.1. The van der Waals surface area contributed by atoms with Gasteiger partial charge in [-0.2, -0.15) is 0 Å². The highest BCUT2D eigenvalue weighted by Crippen LogP contribution is 1.99. The topological polar surface area (TPSA) is 26.3 Å². The lowest BCUT2D eigenvalue weighted by Gasteiger charge is -2.03. The molecule has 0 heterocycles. The number of ether oxygens (including phenoxy) is 1. The maximum atomic E-state index is 11.1. The quantitative estimate of drug-likeness (QED) is 0.292. The molecule has 0 aliphatic carbocycles. The second-order valence-electron chi connectivity index (χ2n) is 3.70. The molecule has 72 valence electrons. The minimum atomic E-state index is -1.42. The summed E-state index contributed by atoms with van der Waals surface area (Å²) in [5.41, 5.74) is 3.30. The first kappa shape index (κ1) is 12.0. The molecule has 0 bridgehead atoms. The van der Waals surface area contributed by atoms with E-state index < -0.39 is 14.0 Å². The molecule has 0 aliphatic heterocycles. The first-order valence-corrected chi connectivity index (χ1v) is 7.76. The molecule has 0 N–H and O–H groups in total. The molecule has 3 heteroatoms. The van der Waals surface area contributed by atoms with Crippen LogP contribution in [0.1, 0.15) is 6.92 Å². The molecule has 0 fully saturated rings. The van der Waals surface area contributed by atoms with Crippen molar-refractivity contribution in [1.29, 1.82) is 0 Å². The van der Waals surface area contributed by atoms with Crippen LogP contribution >= 0.6 is 0 Å². The third-order valence-electron chi connectivity index (χ3n) is 1.11. The molecule has 0 saturated heterocycles. The van der Waals surface area contributed by atoms with Gasteiger partial charge < -0.3 is 4.74 Å². The van der Waals surface area contributed by atoms with Crippen LogP contribution in [0.3, 0.4) is 0 Å². The highest BCUT2D eigenvalue weighted by molar-refractivity contribution is 6.83. The van der Waals surface area contributed by atoms with Gasteiger partial charge in [-0.25, -0.2) is 4.79 Å². The lowest BCUT2D eigenvalue weighted by Crippen LogP contribution is -2.17. The average Bonchev–Trinajstić information content (AvgIpc) is 1.99. The maximum Gasteiger partial charge on any atom is 0.346 e. The Hall–Kier alpha value is -1.01. The molecule has 0 atom stereocenters. The van der Waals surface area contributed by atoms with Gasteiger partial charge in [-0.3, -0.25) is 0 Å². The normalized spacial score (nSPS) is 9.85. The third-order valence-corrected chi connectivity index (χ3v) is 1.99. The Morgan fingerprint density at radius 2 is 2.00 bits per heavy atom. The van der Waals surface area contributed by atoms with Crippen molar-refractivity contribution in [3.05, 3.63) is 12.2 Å². The number of hydrogen-bond acceptors (Lipinski definition) is 2. The van der Waals surface area contributed by atoms with Gasteiger partial charge in [-0.1, -0.05) is 32.1 Å². The van der Waals surface area contributed by atoms with E-state index in [0.717, 1.165) is 0 Å². The fourth-order valence-electron chi connectivity index (χ4n) is 0.532. The molecule has 0 aromatic carbocycles. The summed E-state index contributed by atoms with van der Waals surface area (Å²) in [6.07, 6.45) is 0. The monoisotopic (exact) mass is 196 g/mol. The van der Waals surface area contributed by atoms with E-state index in [9.17, 15) is 4.79 Å². The lowest BCUT2D eigenvalue weighted by molar-refractivity contribution is -0.137. The van der Waals surface area contributed by atoms with Gasteiger partial charge >= 0.3 is 5.97 Å². The number of rotatable bonds is 2. The van der Waals surface area contributed by atoms with E-state index in [1.807, 2.05) is 0 Å². The highest BCUT2D eigenvalue weighted by Gasteiger charge is 2.09. The van der Waals surface area contributed by atoms with Gasteiger partial charge in [0, 0.05) is 0 Å². The molecule has 0 saturated carbocycles. The Labute approximate surface area is 81.0 Å². The van der Waals surface area contributed by atoms with Crippen molar-refractivity contribution in [2.75, 3.05) is 6.61 Å². The van der Waals surface area contributed by atoms with Gasteiger partial charge in [-0.15, -0.1) is 5.54 Å². The van der Waals surface area contributed by atoms with Crippen LogP contribution in [0.5, 0.6) is 0 Å². The molecule has 13 heavy (non-hydrogen) atoms. The standard InChI is InChI=1S/C10H16O2Si/c1-6-12-10(11)9(2)7-8-13(3,4)5/h2,6H2,1,3-5H3. The second kappa shape index (κ2) is 4.88. The van der Waals surface area contributed by atoms with E-state index in [0.29, 0.717) is 6.61 Å². The molecule has 2 nitrogen and oxygen atoms in total. The fraction of sp³-hybridized carbons (Fsp3) is 0.500. The van der Waals surface area contributed by atoms with Crippen molar-refractivity contribution < 1.29 is 9.53 Å². The summed E-state index contributed by atoms with van der Waals surface area (Å²) >= 11 is 0. The highest BCUT2D eigenvalue weighted by atomic mass is 28.3. The molecule has 0 amide bonds. The zero-order valence-electron chi connectivity index (χ0n) is 8.73. The number of esters is 1. The van der Waals surface area contributed by atoms with E-state index in [2.05, 4.69) is 37.7 Å². The molecule has 0 rings (SSSR count). The zero-order valence-corrected chi connectivity index (χ0v) is 9.73. The summed E-state index contributed by atoms with van der Waals surface area (Å²) < 4.78 is 4.74. The van der Waals surface area contributed by atoms with Crippen molar-refractivity contribution >= 4 is 14.0 Å². The summed E-state index contributed by atoms with van der Waals surface area (Å²) in [6, 6.07) is 0. The zero-order chi connectivity index (χ0) is 10.5. The SMILES string of the molecule is C=C(C#C[Si](C)(C)C)C(=O)OCC. The summed E-state index contributed by atoms with van der Waals surface area (Å²) in [5.74, 6) is 2.34. The van der Waals surface area contributed by atoms with Crippen LogP contribution in [-0.2, 0) is 9.53 Å². The molecular weight excluding hydrogens is 180 g/mol. The van der Waals surface area contributed by atoms with E-state index in [1.165, 1.54) is 0 Å². The maximum absolute atomic E-state index is 11.1. The van der Waals surface area contributed by atoms with Crippen LogP contribution in [0.15, 0.2) is 12.2 Å². The van der Waals surface area contributed by atoms with Crippen LogP contribution in [0.4, 0.5) is 0 Å². The van der Waals surface area contributed by atoms with Crippen molar-refractivity contribution in [2.45, 2.75) is 26.6 Å². The lowest BCUT2D eigenvalue weighted by atomic mass is 10.3. The molecule has 0 spiro atoms. The van der Waals surface area contributed by atoms with Crippen molar-refractivity contribution in [2.24, 2.45) is 0 Å². The fourth-order valence-corrected chi connectivity index (χ4v) is 1.06. The Morgan fingerprint density at radius 1 is 1.46 bits per heavy atom. The van der Waals surface area contributed by atoms with Crippen LogP contribution in [0.2, 0.25) is 19.6 Å². The van der Waals surface area contributed by atoms with Crippen LogP contribution in [0.25, 0.3) is 0 Å². The van der Waals surface area contributed by atoms with Crippen molar-refractivity contribution in [3.8, 4) is 11.5 Å².